The van der Waals surface area contributed by atoms with E-state index in [1.54, 1.807) is 12.1 Å². The molecule has 33 heavy (non-hydrogen) atoms. The first kappa shape index (κ1) is 24.9. The van der Waals surface area contributed by atoms with E-state index in [-0.39, 0.29) is 32.7 Å². The van der Waals surface area contributed by atoms with Crippen LogP contribution >= 0.6 is 23.2 Å². The van der Waals surface area contributed by atoms with Gasteiger partial charge in [0, 0.05) is 12.1 Å². The molecule has 1 saturated heterocycles. The van der Waals surface area contributed by atoms with E-state index in [4.69, 9.17) is 32.7 Å². The molecule has 0 aliphatic carbocycles. The maximum absolute atomic E-state index is 13.1. The number of methoxy groups -OCH3 is 1. The Hall–Kier alpha value is -2.70. The second kappa shape index (κ2) is 10.5. The molecule has 0 radical (unpaired) electrons. The minimum Gasteiger partial charge on any atom is -0.507 e. The summed E-state index contributed by atoms with van der Waals surface area (Å²) >= 11 is 12.5. The van der Waals surface area contributed by atoms with Crippen molar-refractivity contribution in [2.45, 2.75) is 33.2 Å². The Bertz CT molecular complexity index is 1070. The lowest BCUT2D eigenvalue weighted by Crippen LogP contribution is -2.30. The number of carbonyl (C=O) groups is 2. The lowest BCUT2D eigenvalue weighted by atomic mass is 9.95. The van der Waals surface area contributed by atoms with Gasteiger partial charge in [-0.3, -0.25) is 9.59 Å². The van der Waals surface area contributed by atoms with Crippen molar-refractivity contribution in [1.29, 1.82) is 0 Å². The number of rotatable bonds is 8. The lowest BCUT2D eigenvalue weighted by Gasteiger charge is -2.25. The van der Waals surface area contributed by atoms with Crippen LogP contribution in [0.2, 0.25) is 10.0 Å². The molecule has 0 saturated carbocycles. The monoisotopic (exact) mass is 491 g/mol. The summed E-state index contributed by atoms with van der Waals surface area (Å²) in [5.41, 5.74) is 0.862. The topological polar surface area (TPSA) is 76.1 Å². The number of benzene rings is 2. The second-order valence-corrected chi connectivity index (χ2v) is 9.06. The molecule has 1 heterocycles. The van der Waals surface area contributed by atoms with Gasteiger partial charge in [0.05, 0.1) is 35.4 Å². The quantitative estimate of drug-likeness (QED) is 0.284. The van der Waals surface area contributed by atoms with Crippen molar-refractivity contribution in [1.82, 2.24) is 4.90 Å². The summed E-state index contributed by atoms with van der Waals surface area (Å²) in [5, 5.41) is 11.5. The Labute approximate surface area is 203 Å². The van der Waals surface area contributed by atoms with Crippen molar-refractivity contribution in [3.05, 3.63) is 63.1 Å². The molecule has 0 aromatic heterocycles. The van der Waals surface area contributed by atoms with Gasteiger partial charge in [0.15, 0.2) is 5.75 Å². The molecule has 3 rings (SSSR count). The average Bonchev–Trinajstić information content (AvgIpc) is 3.02. The van der Waals surface area contributed by atoms with Crippen molar-refractivity contribution in [2.75, 3.05) is 20.3 Å². The summed E-state index contributed by atoms with van der Waals surface area (Å²) in [6, 6.07) is 9.36. The standard InChI is InChI=1S/C25H27Cl2NO5/c1-5-9-28-21(15-7-6-8-17(10-15)33-13-14(2)3)20(23(30)25(28)31)22(29)16-11-18(26)24(32-4)19(27)12-16/h6-8,10-12,14,21,29H,5,9,13H2,1-4H3/b22-20+. The third kappa shape index (κ3) is 5.12. The molecule has 2 aromatic carbocycles. The van der Waals surface area contributed by atoms with E-state index in [0.29, 0.717) is 36.8 Å². The zero-order chi connectivity index (χ0) is 24.3. The predicted octanol–water partition coefficient (Wildman–Crippen LogP) is 5.87. The van der Waals surface area contributed by atoms with Crippen molar-refractivity contribution < 1.29 is 24.2 Å². The maximum Gasteiger partial charge on any atom is 0.295 e. The molecule has 1 N–H and O–H groups in total. The van der Waals surface area contributed by atoms with Gasteiger partial charge in [-0.15, -0.1) is 0 Å². The van der Waals surface area contributed by atoms with E-state index in [0.717, 1.165) is 0 Å². The molecule has 0 spiro atoms. The highest BCUT2D eigenvalue weighted by molar-refractivity contribution is 6.46. The number of carbonyl (C=O) groups excluding carboxylic acids is 2. The van der Waals surface area contributed by atoms with E-state index >= 15 is 0 Å². The molecule has 1 fully saturated rings. The molecule has 1 atom stereocenters. The van der Waals surface area contributed by atoms with E-state index in [2.05, 4.69) is 0 Å². The minimum atomic E-state index is -0.771. The smallest absolute Gasteiger partial charge is 0.295 e. The van der Waals surface area contributed by atoms with Gasteiger partial charge in [-0.25, -0.2) is 0 Å². The number of ether oxygens (including phenoxy) is 2. The first-order valence-electron chi connectivity index (χ1n) is 10.7. The first-order chi connectivity index (χ1) is 15.7. The van der Waals surface area contributed by atoms with Gasteiger partial charge in [-0.2, -0.15) is 0 Å². The fourth-order valence-corrected chi connectivity index (χ4v) is 4.42. The third-order valence-corrected chi connectivity index (χ3v) is 5.80. The summed E-state index contributed by atoms with van der Waals surface area (Å²) < 4.78 is 11.0. The van der Waals surface area contributed by atoms with Crippen LogP contribution in [-0.2, 0) is 9.59 Å². The SMILES string of the molecule is CCCN1C(=O)C(=O)/C(=C(/O)c2cc(Cl)c(OC)c(Cl)c2)C1c1cccc(OCC(C)C)c1. The fraction of sp³-hybridized carbons (Fsp3) is 0.360. The van der Waals surface area contributed by atoms with Gasteiger partial charge in [0.1, 0.15) is 11.5 Å². The van der Waals surface area contributed by atoms with Gasteiger partial charge in [-0.05, 0) is 42.2 Å². The van der Waals surface area contributed by atoms with Gasteiger partial charge >= 0.3 is 0 Å². The number of hydrogen-bond donors (Lipinski definition) is 1. The number of aliphatic hydroxyl groups excluding tert-OH is 1. The Morgan fingerprint density at radius 1 is 1.15 bits per heavy atom. The van der Waals surface area contributed by atoms with Crippen molar-refractivity contribution >= 4 is 40.7 Å². The molecule has 6 nitrogen and oxygen atoms in total. The molecule has 1 aliphatic heterocycles. The molecule has 2 aromatic rings. The van der Waals surface area contributed by atoms with Gasteiger partial charge in [0.2, 0.25) is 0 Å². The largest absolute Gasteiger partial charge is 0.507 e. The number of nitrogens with zero attached hydrogens (tertiary/aromatic N) is 1. The van der Waals surface area contributed by atoms with E-state index in [1.807, 2.05) is 32.9 Å². The highest BCUT2D eigenvalue weighted by Crippen LogP contribution is 2.42. The van der Waals surface area contributed by atoms with Crippen LogP contribution < -0.4 is 9.47 Å². The Morgan fingerprint density at radius 2 is 1.82 bits per heavy atom. The molecular formula is C25H27Cl2NO5. The minimum absolute atomic E-state index is 0.0215. The van der Waals surface area contributed by atoms with Gasteiger partial charge < -0.3 is 19.5 Å². The number of amides is 1. The molecule has 8 heteroatoms. The summed E-state index contributed by atoms with van der Waals surface area (Å²) in [5.74, 6) is -0.558. The Morgan fingerprint density at radius 3 is 2.39 bits per heavy atom. The van der Waals surface area contributed by atoms with Crippen molar-refractivity contribution in [3.63, 3.8) is 0 Å². The van der Waals surface area contributed by atoms with Crippen LogP contribution in [0.25, 0.3) is 5.76 Å². The van der Waals surface area contributed by atoms with Crippen LogP contribution in [-0.4, -0.2) is 42.0 Å². The van der Waals surface area contributed by atoms with Crippen LogP contribution in [0.4, 0.5) is 0 Å². The number of Topliss-reactive ketones (excluding diaryl/α,β-unsaturated/α-hetero) is 1. The fourth-order valence-electron chi connectivity index (χ4n) is 3.78. The second-order valence-electron chi connectivity index (χ2n) is 8.24. The molecular weight excluding hydrogens is 465 g/mol. The average molecular weight is 492 g/mol. The highest BCUT2D eigenvalue weighted by Gasteiger charge is 2.45. The number of ketones is 1. The highest BCUT2D eigenvalue weighted by atomic mass is 35.5. The maximum atomic E-state index is 13.1. The number of aliphatic hydroxyl groups is 1. The van der Waals surface area contributed by atoms with Crippen molar-refractivity contribution in [2.24, 2.45) is 5.92 Å². The third-order valence-electron chi connectivity index (χ3n) is 5.24. The van der Waals surface area contributed by atoms with Crippen LogP contribution in [0.15, 0.2) is 42.0 Å². The van der Waals surface area contributed by atoms with Crippen LogP contribution in [0, 0.1) is 5.92 Å². The van der Waals surface area contributed by atoms with E-state index in [9.17, 15) is 14.7 Å². The number of halogens is 2. The summed E-state index contributed by atoms with van der Waals surface area (Å²) in [6.07, 6.45) is 0.646. The van der Waals surface area contributed by atoms with E-state index < -0.39 is 17.7 Å². The molecule has 176 valence electrons. The first-order valence-corrected chi connectivity index (χ1v) is 11.5. The molecule has 0 bridgehead atoms. The van der Waals surface area contributed by atoms with Crippen molar-refractivity contribution in [3.8, 4) is 11.5 Å². The molecule has 1 amide bonds. The van der Waals surface area contributed by atoms with Crippen LogP contribution in [0.1, 0.15) is 44.4 Å². The Balaban J connectivity index is 2.15. The number of likely N-dealkylation sites (tertiary alicyclic amines) is 1. The summed E-state index contributed by atoms with van der Waals surface area (Å²) in [6.45, 7) is 6.90. The zero-order valence-electron chi connectivity index (χ0n) is 19.0. The van der Waals surface area contributed by atoms with Crippen LogP contribution in [0.5, 0.6) is 11.5 Å². The summed E-state index contributed by atoms with van der Waals surface area (Å²) in [7, 11) is 1.43. The zero-order valence-corrected chi connectivity index (χ0v) is 20.5. The van der Waals surface area contributed by atoms with Gasteiger partial charge in [0.25, 0.3) is 11.7 Å². The number of hydrogen-bond acceptors (Lipinski definition) is 5. The predicted molar refractivity (Wildman–Crippen MR) is 129 cm³/mol. The van der Waals surface area contributed by atoms with Crippen LogP contribution in [0.3, 0.4) is 0 Å². The Kier molecular flexibility index (Phi) is 7.92. The van der Waals surface area contributed by atoms with Gasteiger partial charge in [-0.1, -0.05) is 56.1 Å². The molecule has 1 aliphatic rings. The normalized spacial score (nSPS) is 17.7. The summed E-state index contributed by atoms with van der Waals surface area (Å²) in [4.78, 5) is 27.4. The lowest BCUT2D eigenvalue weighted by molar-refractivity contribution is -0.139. The molecule has 1 unspecified atom stereocenters. The van der Waals surface area contributed by atoms with E-state index in [1.165, 1.54) is 24.1 Å².